The SMILES string of the molecule is Cc1ccc(Cn2c3ccc(C)cc3c3nnc(SCCCCC(=O)N4CCN(c5ccccc5F)CC4)nc32)cc1. The van der Waals surface area contributed by atoms with Crippen molar-refractivity contribution in [1.82, 2.24) is 24.6 Å². The maximum Gasteiger partial charge on any atom is 0.222 e. The topological polar surface area (TPSA) is 67.2 Å². The lowest BCUT2D eigenvalue weighted by molar-refractivity contribution is -0.131. The molecule has 0 atom stereocenters. The van der Waals surface area contributed by atoms with Gasteiger partial charge in [0.2, 0.25) is 11.1 Å². The molecule has 5 aromatic rings. The summed E-state index contributed by atoms with van der Waals surface area (Å²) in [5.41, 5.74) is 7.02. The van der Waals surface area contributed by atoms with E-state index >= 15 is 0 Å². The van der Waals surface area contributed by atoms with Crippen LogP contribution in [0.15, 0.2) is 71.9 Å². The third-order valence-electron chi connectivity index (χ3n) is 7.91. The Morgan fingerprint density at radius 1 is 0.905 bits per heavy atom. The zero-order chi connectivity index (χ0) is 29.1. The number of anilines is 1. The number of piperazine rings is 1. The average molecular weight is 583 g/mol. The highest BCUT2D eigenvalue weighted by molar-refractivity contribution is 7.99. The Morgan fingerprint density at radius 2 is 1.67 bits per heavy atom. The molecule has 1 amide bonds. The van der Waals surface area contributed by atoms with Crippen molar-refractivity contribution in [3.8, 4) is 0 Å². The first-order chi connectivity index (χ1) is 20.5. The number of fused-ring (bicyclic) bond motifs is 3. The van der Waals surface area contributed by atoms with Gasteiger partial charge in [-0.25, -0.2) is 9.37 Å². The zero-order valence-electron chi connectivity index (χ0n) is 24.1. The van der Waals surface area contributed by atoms with Gasteiger partial charge in [-0.2, -0.15) is 0 Å². The second kappa shape index (κ2) is 12.5. The maximum absolute atomic E-state index is 14.1. The fourth-order valence-electron chi connectivity index (χ4n) is 5.56. The lowest BCUT2D eigenvalue weighted by Crippen LogP contribution is -2.49. The number of hydrogen-bond donors (Lipinski definition) is 0. The maximum atomic E-state index is 14.1. The fourth-order valence-corrected chi connectivity index (χ4v) is 6.34. The van der Waals surface area contributed by atoms with Crippen LogP contribution in [0.4, 0.5) is 10.1 Å². The predicted octanol–water partition coefficient (Wildman–Crippen LogP) is 6.39. The molecule has 3 heterocycles. The molecule has 7 nitrogen and oxygen atoms in total. The number of hydrogen-bond acceptors (Lipinski definition) is 6. The van der Waals surface area contributed by atoms with Crippen LogP contribution in [0.1, 0.15) is 36.0 Å². The quantitative estimate of drug-likeness (QED) is 0.148. The van der Waals surface area contributed by atoms with Crippen LogP contribution in [0.3, 0.4) is 0 Å². The third-order valence-corrected chi connectivity index (χ3v) is 8.83. The minimum Gasteiger partial charge on any atom is -0.366 e. The summed E-state index contributed by atoms with van der Waals surface area (Å²) in [4.78, 5) is 21.7. The number of para-hydroxylation sites is 1. The number of aryl methyl sites for hydroxylation is 2. The normalized spacial score (nSPS) is 13.8. The van der Waals surface area contributed by atoms with Crippen molar-refractivity contribution in [1.29, 1.82) is 0 Å². The van der Waals surface area contributed by atoms with Crippen LogP contribution >= 0.6 is 11.8 Å². The molecule has 6 rings (SSSR count). The summed E-state index contributed by atoms with van der Waals surface area (Å²) in [6.45, 7) is 7.44. The van der Waals surface area contributed by atoms with Gasteiger partial charge < -0.3 is 14.4 Å². The number of benzene rings is 3. The minimum absolute atomic E-state index is 0.170. The summed E-state index contributed by atoms with van der Waals surface area (Å²) in [5, 5.41) is 10.8. The van der Waals surface area contributed by atoms with E-state index in [-0.39, 0.29) is 11.7 Å². The number of unbranched alkanes of at least 4 members (excludes halogenated alkanes) is 1. The second-order valence-corrected chi connectivity index (χ2v) is 12.0. The molecule has 42 heavy (non-hydrogen) atoms. The summed E-state index contributed by atoms with van der Waals surface area (Å²) in [5.74, 6) is 0.776. The number of halogens is 1. The molecule has 9 heteroatoms. The Bertz CT molecular complexity index is 1710. The predicted molar refractivity (Wildman–Crippen MR) is 168 cm³/mol. The molecule has 1 aliphatic rings. The molecule has 3 aromatic carbocycles. The molecule has 0 bridgehead atoms. The van der Waals surface area contributed by atoms with Crippen molar-refractivity contribution < 1.29 is 9.18 Å². The number of carbonyl (C=O) groups excluding carboxylic acids is 1. The highest BCUT2D eigenvalue weighted by atomic mass is 32.2. The first-order valence-electron chi connectivity index (χ1n) is 14.5. The lowest BCUT2D eigenvalue weighted by atomic mass is 10.1. The van der Waals surface area contributed by atoms with E-state index in [4.69, 9.17) is 4.98 Å². The Kier molecular flexibility index (Phi) is 8.37. The van der Waals surface area contributed by atoms with E-state index in [0.29, 0.717) is 50.0 Å². The molecule has 0 radical (unpaired) electrons. The minimum atomic E-state index is -0.212. The number of amides is 1. The van der Waals surface area contributed by atoms with E-state index in [2.05, 4.69) is 71.1 Å². The molecule has 0 spiro atoms. The van der Waals surface area contributed by atoms with Crippen molar-refractivity contribution in [2.45, 2.75) is 44.8 Å². The van der Waals surface area contributed by atoms with Gasteiger partial charge in [0.1, 0.15) is 11.3 Å². The van der Waals surface area contributed by atoms with E-state index in [1.165, 1.54) is 22.8 Å². The van der Waals surface area contributed by atoms with Gasteiger partial charge in [-0.3, -0.25) is 4.79 Å². The number of nitrogens with zero attached hydrogens (tertiary/aromatic N) is 6. The molecule has 0 unspecified atom stereocenters. The van der Waals surface area contributed by atoms with Crippen LogP contribution in [-0.2, 0) is 11.3 Å². The van der Waals surface area contributed by atoms with Gasteiger partial charge >= 0.3 is 0 Å². The smallest absolute Gasteiger partial charge is 0.222 e. The Morgan fingerprint density at radius 3 is 2.45 bits per heavy atom. The summed E-state index contributed by atoms with van der Waals surface area (Å²) >= 11 is 1.59. The summed E-state index contributed by atoms with van der Waals surface area (Å²) in [6.07, 6.45) is 2.21. The van der Waals surface area contributed by atoms with E-state index in [1.54, 1.807) is 23.9 Å². The molecule has 0 saturated carbocycles. The molecule has 0 aliphatic carbocycles. The standard InChI is InChI=1S/C33H35FN6OS/c1-23-10-13-25(14-11-23)22-40-28-15-12-24(2)21-26(28)31-32(40)35-33(37-36-31)42-20-6-5-9-30(41)39-18-16-38(17-19-39)29-8-4-3-7-27(29)34/h3-4,7-8,10-15,21H,5-6,9,16-20,22H2,1-2H3. The van der Waals surface area contributed by atoms with Crippen LogP contribution < -0.4 is 4.90 Å². The number of carbonyl (C=O) groups is 1. The largest absolute Gasteiger partial charge is 0.366 e. The van der Waals surface area contributed by atoms with Crippen molar-refractivity contribution in [2.75, 3.05) is 36.8 Å². The van der Waals surface area contributed by atoms with Gasteiger partial charge in [0.25, 0.3) is 0 Å². The summed E-state index contributed by atoms with van der Waals surface area (Å²) in [6, 6.07) is 21.9. The average Bonchev–Trinajstić information content (AvgIpc) is 3.30. The molecular weight excluding hydrogens is 547 g/mol. The van der Waals surface area contributed by atoms with Gasteiger partial charge in [0.15, 0.2) is 5.65 Å². The van der Waals surface area contributed by atoms with Crippen molar-refractivity contribution in [3.63, 3.8) is 0 Å². The molecule has 1 aliphatic heterocycles. The molecule has 0 N–H and O–H groups in total. The van der Waals surface area contributed by atoms with E-state index in [9.17, 15) is 9.18 Å². The molecule has 1 fully saturated rings. The Hall–Kier alpha value is -3.98. The van der Waals surface area contributed by atoms with Crippen LogP contribution in [0.5, 0.6) is 0 Å². The summed E-state index contributed by atoms with van der Waals surface area (Å²) < 4.78 is 16.3. The van der Waals surface area contributed by atoms with Gasteiger partial charge in [0.05, 0.1) is 11.2 Å². The fraction of sp³-hybridized carbons (Fsp3) is 0.333. The van der Waals surface area contributed by atoms with Crippen LogP contribution in [0.2, 0.25) is 0 Å². The molecule has 216 valence electrons. The number of thioether (sulfide) groups is 1. The first kappa shape index (κ1) is 28.2. The molecule has 2 aromatic heterocycles. The van der Waals surface area contributed by atoms with Gasteiger partial charge in [0, 0.05) is 50.3 Å². The zero-order valence-corrected chi connectivity index (χ0v) is 24.9. The van der Waals surface area contributed by atoms with Gasteiger partial charge in [-0.1, -0.05) is 65.4 Å². The number of aromatic nitrogens is 4. The molecular formula is C33H35FN6OS. The van der Waals surface area contributed by atoms with Gasteiger partial charge in [-0.15, -0.1) is 10.2 Å². The van der Waals surface area contributed by atoms with Crippen LogP contribution in [0, 0.1) is 19.7 Å². The van der Waals surface area contributed by atoms with Crippen LogP contribution in [-0.4, -0.2) is 62.5 Å². The third kappa shape index (κ3) is 6.11. The Balaban J connectivity index is 1.05. The summed E-state index contributed by atoms with van der Waals surface area (Å²) in [7, 11) is 0. The highest BCUT2D eigenvalue weighted by Crippen LogP contribution is 2.29. The monoisotopic (exact) mass is 582 g/mol. The van der Waals surface area contributed by atoms with Crippen molar-refractivity contribution >= 4 is 45.4 Å². The van der Waals surface area contributed by atoms with E-state index < -0.39 is 0 Å². The lowest BCUT2D eigenvalue weighted by Gasteiger charge is -2.36. The van der Waals surface area contributed by atoms with E-state index in [1.807, 2.05) is 15.9 Å². The van der Waals surface area contributed by atoms with E-state index in [0.717, 1.165) is 40.7 Å². The second-order valence-electron chi connectivity index (χ2n) is 11.0. The van der Waals surface area contributed by atoms with Crippen molar-refractivity contribution in [2.24, 2.45) is 0 Å². The van der Waals surface area contributed by atoms with Crippen LogP contribution in [0.25, 0.3) is 22.1 Å². The first-order valence-corrected chi connectivity index (χ1v) is 15.5. The molecule has 1 saturated heterocycles. The highest BCUT2D eigenvalue weighted by Gasteiger charge is 2.22. The number of rotatable bonds is 9. The Labute approximate surface area is 249 Å². The van der Waals surface area contributed by atoms with Crippen molar-refractivity contribution in [3.05, 3.63) is 89.2 Å². The van der Waals surface area contributed by atoms with Gasteiger partial charge in [-0.05, 0) is 56.5 Å².